The molecule has 0 unspecified atom stereocenters. The Kier molecular flexibility index (Phi) is 7.51. The first kappa shape index (κ1) is 19.4. The Morgan fingerprint density at radius 2 is 1.96 bits per heavy atom. The van der Waals surface area contributed by atoms with Crippen LogP contribution in [0.25, 0.3) is 0 Å². The second-order valence-electron chi connectivity index (χ2n) is 4.85. The van der Waals surface area contributed by atoms with Crippen molar-refractivity contribution in [2.75, 3.05) is 5.75 Å². The van der Waals surface area contributed by atoms with E-state index in [0.717, 1.165) is 24.3 Å². The standard InChI is InChI=1S/C16H13ClN4OS4/c17-12-5-3-11(4-6-12)9-24-15-20-21-16(26-15)25-10-14(22)19-18-8-13-2-1-7-23-13/h1-8H,9-10H2,(H,19,22). The summed E-state index contributed by atoms with van der Waals surface area (Å²) in [5, 5.41) is 14.9. The van der Waals surface area contributed by atoms with E-state index in [1.54, 1.807) is 29.3 Å². The number of halogens is 1. The molecule has 0 atom stereocenters. The van der Waals surface area contributed by atoms with E-state index in [4.69, 9.17) is 11.6 Å². The average molecular weight is 441 g/mol. The highest BCUT2D eigenvalue weighted by Crippen LogP contribution is 2.30. The number of carbonyl (C=O) groups excluding carboxylic acids is 1. The highest BCUT2D eigenvalue weighted by atomic mass is 35.5. The maximum Gasteiger partial charge on any atom is 0.250 e. The third-order valence-electron chi connectivity index (χ3n) is 2.91. The first-order valence-electron chi connectivity index (χ1n) is 7.38. The molecule has 1 aromatic carbocycles. The number of hydrogen-bond acceptors (Lipinski definition) is 8. The summed E-state index contributed by atoms with van der Waals surface area (Å²) in [7, 11) is 0. The fourth-order valence-electron chi connectivity index (χ4n) is 1.73. The number of nitrogens with zero attached hydrogens (tertiary/aromatic N) is 3. The van der Waals surface area contributed by atoms with Crippen LogP contribution in [-0.2, 0) is 10.5 Å². The molecule has 2 heterocycles. The Hall–Kier alpha value is -1.39. The molecule has 0 saturated heterocycles. The zero-order chi connectivity index (χ0) is 18.2. The Labute approximate surface area is 172 Å². The number of aromatic nitrogens is 2. The van der Waals surface area contributed by atoms with E-state index in [1.165, 1.54) is 28.7 Å². The molecular formula is C16H13ClN4OS4. The molecule has 10 heteroatoms. The number of hydrogen-bond donors (Lipinski definition) is 1. The lowest BCUT2D eigenvalue weighted by atomic mass is 10.2. The number of amides is 1. The Balaban J connectivity index is 1.40. The zero-order valence-electron chi connectivity index (χ0n) is 13.3. The third-order valence-corrected chi connectivity index (χ3v) is 7.23. The molecule has 1 amide bonds. The fraction of sp³-hybridized carbons (Fsp3) is 0.125. The van der Waals surface area contributed by atoms with Gasteiger partial charge in [-0.3, -0.25) is 4.79 Å². The summed E-state index contributed by atoms with van der Waals surface area (Å²) < 4.78 is 1.64. The van der Waals surface area contributed by atoms with Gasteiger partial charge in [0.1, 0.15) is 0 Å². The van der Waals surface area contributed by atoms with Crippen LogP contribution in [0, 0.1) is 0 Å². The summed E-state index contributed by atoms with van der Waals surface area (Å²) in [6.45, 7) is 0. The van der Waals surface area contributed by atoms with Gasteiger partial charge in [-0.15, -0.1) is 21.5 Å². The van der Waals surface area contributed by atoms with Crippen LogP contribution < -0.4 is 5.43 Å². The quantitative estimate of drug-likeness (QED) is 0.310. The largest absolute Gasteiger partial charge is 0.272 e. The SMILES string of the molecule is O=C(CSc1nnc(SCc2ccc(Cl)cc2)s1)NN=Cc1cccs1. The Bertz CT molecular complexity index is 865. The summed E-state index contributed by atoms with van der Waals surface area (Å²) in [6, 6.07) is 11.6. The Morgan fingerprint density at radius 1 is 1.19 bits per heavy atom. The van der Waals surface area contributed by atoms with Crippen molar-refractivity contribution < 1.29 is 4.79 Å². The summed E-state index contributed by atoms with van der Waals surface area (Å²) in [5.74, 6) is 0.875. The highest BCUT2D eigenvalue weighted by molar-refractivity contribution is 8.03. The van der Waals surface area contributed by atoms with Crippen LogP contribution >= 0.6 is 57.8 Å². The number of benzene rings is 1. The van der Waals surface area contributed by atoms with Gasteiger partial charge in [-0.1, -0.05) is 64.7 Å². The van der Waals surface area contributed by atoms with Gasteiger partial charge in [0.25, 0.3) is 5.91 Å². The number of rotatable bonds is 8. The number of carbonyl (C=O) groups is 1. The molecule has 2 aromatic heterocycles. The van der Waals surface area contributed by atoms with Crippen LogP contribution in [0.3, 0.4) is 0 Å². The topological polar surface area (TPSA) is 67.2 Å². The molecule has 0 fully saturated rings. The van der Waals surface area contributed by atoms with Crippen molar-refractivity contribution in [3.05, 3.63) is 57.2 Å². The summed E-state index contributed by atoms with van der Waals surface area (Å²) in [6.07, 6.45) is 1.63. The van der Waals surface area contributed by atoms with Crippen molar-refractivity contribution >= 4 is 69.9 Å². The minimum Gasteiger partial charge on any atom is -0.272 e. The highest BCUT2D eigenvalue weighted by Gasteiger charge is 2.08. The minimum atomic E-state index is -0.173. The summed E-state index contributed by atoms with van der Waals surface area (Å²) >= 11 is 11.9. The van der Waals surface area contributed by atoms with Gasteiger partial charge in [0.2, 0.25) is 0 Å². The van der Waals surface area contributed by atoms with Gasteiger partial charge in [0.05, 0.1) is 12.0 Å². The maximum absolute atomic E-state index is 11.8. The van der Waals surface area contributed by atoms with Crippen LogP contribution in [0.15, 0.2) is 55.6 Å². The van der Waals surface area contributed by atoms with E-state index in [9.17, 15) is 4.79 Å². The van der Waals surface area contributed by atoms with Gasteiger partial charge >= 0.3 is 0 Å². The van der Waals surface area contributed by atoms with E-state index in [2.05, 4.69) is 20.7 Å². The van der Waals surface area contributed by atoms with Gasteiger partial charge < -0.3 is 0 Å². The molecule has 0 spiro atoms. The molecular weight excluding hydrogens is 428 g/mol. The molecule has 134 valence electrons. The van der Waals surface area contributed by atoms with Gasteiger partial charge in [0, 0.05) is 15.7 Å². The summed E-state index contributed by atoms with van der Waals surface area (Å²) in [5.41, 5.74) is 3.68. The van der Waals surface area contributed by atoms with Crippen molar-refractivity contribution in [3.8, 4) is 0 Å². The number of hydrazone groups is 1. The zero-order valence-corrected chi connectivity index (χ0v) is 17.3. The minimum absolute atomic E-state index is 0.173. The lowest BCUT2D eigenvalue weighted by Gasteiger charge is -1.98. The molecule has 0 aliphatic rings. The number of thioether (sulfide) groups is 2. The monoisotopic (exact) mass is 440 g/mol. The van der Waals surface area contributed by atoms with Crippen molar-refractivity contribution in [2.24, 2.45) is 5.10 Å². The second-order valence-corrected chi connectivity index (χ2v) is 9.68. The fourth-order valence-corrected chi connectivity index (χ4v) is 5.21. The van der Waals surface area contributed by atoms with Gasteiger partial charge in [-0.25, -0.2) is 5.43 Å². The van der Waals surface area contributed by atoms with Crippen molar-refractivity contribution in [1.29, 1.82) is 0 Å². The van der Waals surface area contributed by atoms with E-state index in [1.807, 2.05) is 41.8 Å². The molecule has 5 nitrogen and oxygen atoms in total. The van der Waals surface area contributed by atoms with Crippen LogP contribution in [-0.4, -0.2) is 28.1 Å². The molecule has 1 N–H and O–H groups in total. The van der Waals surface area contributed by atoms with Crippen molar-refractivity contribution in [1.82, 2.24) is 15.6 Å². The van der Waals surface area contributed by atoms with E-state index < -0.39 is 0 Å². The van der Waals surface area contributed by atoms with E-state index in [-0.39, 0.29) is 11.7 Å². The van der Waals surface area contributed by atoms with Crippen LogP contribution in [0.1, 0.15) is 10.4 Å². The number of nitrogens with one attached hydrogen (secondary N) is 1. The predicted octanol–water partition coefficient (Wildman–Crippen LogP) is 4.79. The van der Waals surface area contributed by atoms with Crippen LogP contribution in [0.2, 0.25) is 5.02 Å². The molecule has 0 saturated carbocycles. The average Bonchev–Trinajstić information content (AvgIpc) is 3.31. The lowest BCUT2D eigenvalue weighted by molar-refractivity contribution is -0.118. The molecule has 3 rings (SSSR count). The molecule has 26 heavy (non-hydrogen) atoms. The molecule has 0 aliphatic carbocycles. The van der Waals surface area contributed by atoms with Crippen molar-refractivity contribution in [3.63, 3.8) is 0 Å². The number of thiophene rings is 1. The third kappa shape index (κ3) is 6.40. The first-order chi connectivity index (χ1) is 12.7. The van der Waals surface area contributed by atoms with Gasteiger partial charge in [-0.05, 0) is 29.1 Å². The van der Waals surface area contributed by atoms with E-state index >= 15 is 0 Å². The predicted molar refractivity (Wildman–Crippen MR) is 112 cm³/mol. The molecule has 0 bridgehead atoms. The molecule has 0 radical (unpaired) electrons. The smallest absolute Gasteiger partial charge is 0.250 e. The Morgan fingerprint density at radius 3 is 2.69 bits per heavy atom. The van der Waals surface area contributed by atoms with Gasteiger partial charge in [-0.2, -0.15) is 5.10 Å². The maximum atomic E-state index is 11.8. The molecule has 3 aromatic rings. The normalized spacial score (nSPS) is 11.1. The first-order valence-corrected chi connectivity index (χ1v) is 11.4. The van der Waals surface area contributed by atoms with Gasteiger partial charge in [0.15, 0.2) is 8.68 Å². The van der Waals surface area contributed by atoms with E-state index in [0.29, 0.717) is 0 Å². The lowest BCUT2D eigenvalue weighted by Crippen LogP contribution is -2.19. The summed E-state index contributed by atoms with van der Waals surface area (Å²) in [4.78, 5) is 12.8. The van der Waals surface area contributed by atoms with Crippen molar-refractivity contribution in [2.45, 2.75) is 14.4 Å². The van der Waals surface area contributed by atoms with Crippen LogP contribution in [0.4, 0.5) is 0 Å². The second kappa shape index (κ2) is 10.1. The molecule has 0 aliphatic heterocycles. The van der Waals surface area contributed by atoms with Crippen LogP contribution in [0.5, 0.6) is 0 Å².